The highest BCUT2D eigenvalue weighted by atomic mass is 32.2. The van der Waals surface area contributed by atoms with Crippen LogP contribution in [0.5, 0.6) is 0 Å². The number of sulfonamides is 1. The summed E-state index contributed by atoms with van der Waals surface area (Å²) in [6, 6.07) is 22.1. The number of amides is 1. The van der Waals surface area contributed by atoms with E-state index >= 15 is 0 Å². The Kier molecular flexibility index (Phi) is 7.17. The summed E-state index contributed by atoms with van der Waals surface area (Å²) in [7, 11) is -3.83. The van der Waals surface area contributed by atoms with Crippen molar-refractivity contribution < 1.29 is 17.6 Å². The van der Waals surface area contributed by atoms with E-state index < -0.39 is 10.0 Å². The predicted molar refractivity (Wildman–Crippen MR) is 132 cm³/mol. The molecule has 1 aliphatic heterocycles. The minimum absolute atomic E-state index is 0.0344. The van der Waals surface area contributed by atoms with Crippen molar-refractivity contribution in [2.24, 2.45) is 0 Å². The number of aryl methyl sites for hydroxylation is 1. The zero-order chi connectivity index (χ0) is 24.1. The molecular formula is C26H28FN3O3S. The SMILES string of the molecule is Cc1ccc(N(CCC(=O)N2CCN(c3ccccc3F)CC2)S(=O)(=O)c2ccccc2)cc1. The van der Waals surface area contributed by atoms with E-state index in [0.29, 0.717) is 37.6 Å². The topological polar surface area (TPSA) is 60.9 Å². The van der Waals surface area contributed by atoms with Crippen molar-refractivity contribution in [3.63, 3.8) is 0 Å². The van der Waals surface area contributed by atoms with Crippen LogP contribution in [0.15, 0.2) is 83.8 Å². The molecule has 34 heavy (non-hydrogen) atoms. The first kappa shape index (κ1) is 23.8. The first-order chi connectivity index (χ1) is 16.4. The predicted octanol–water partition coefficient (Wildman–Crippen LogP) is 4.07. The van der Waals surface area contributed by atoms with Gasteiger partial charge in [0.2, 0.25) is 5.91 Å². The van der Waals surface area contributed by atoms with Gasteiger partial charge in [-0.25, -0.2) is 12.8 Å². The molecule has 0 unspecified atom stereocenters. The summed E-state index contributed by atoms with van der Waals surface area (Å²) in [4.78, 5) is 16.8. The zero-order valence-corrected chi connectivity index (χ0v) is 19.9. The van der Waals surface area contributed by atoms with Gasteiger partial charge < -0.3 is 9.80 Å². The largest absolute Gasteiger partial charge is 0.366 e. The van der Waals surface area contributed by atoms with E-state index in [2.05, 4.69) is 0 Å². The Labute approximate surface area is 200 Å². The second kappa shape index (κ2) is 10.3. The van der Waals surface area contributed by atoms with Gasteiger partial charge in [0.1, 0.15) is 5.82 Å². The third-order valence-corrected chi connectivity index (χ3v) is 7.85. The van der Waals surface area contributed by atoms with Crippen LogP contribution < -0.4 is 9.21 Å². The molecule has 4 rings (SSSR count). The Bertz CT molecular complexity index is 1230. The molecule has 178 valence electrons. The molecule has 0 atom stereocenters. The minimum Gasteiger partial charge on any atom is -0.366 e. The number of hydrogen-bond acceptors (Lipinski definition) is 4. The number of carbonyl (C=O) groups is 1. The maximum atomic E-state index is 14.1. The van der Waals surface area contributed by atoms with Crippen LogP contribution >= 0.6 is 0 Å². The third kappa shape index (κ3) is 5.22. The average Bonchev–Trinajstić information content (AvgIpc) is 2.86. The summed E-state index contributed by atoms with van der Waals surface area (Å²) in [5.41, 5.74) is 2.07. The monoisotopic (exact) mass is 481 g/mol. The van der Waals surface area contributed by atoms with Gasteiger partial charge in [-0.2, -0.15) is 0 Å². The summed E-state index contributed by atoms with van der Waals surface area (Å²) in [5.74, 6) is -0.393. The van der Waals surface area contributed by atoms with Gasteiger partial charge in [-0.15, -0.1) is 0 Å². The van der Waals surface area contributed by atoms with Gasteiger partial charge in [0.05, 0.1) is 16.3 Å². The lowest BCUT2D eigenvalue weighted by Crippen LogP contribution is -2.49. The molecule has 0 aromatic heterocycles. The number of nitrogens with zero attached hydrogens (tertiary/aromatic N) is 3. The maximum absolute atomic E-state index is 14.1. The molecule has 3 aromatic rings. The molecule has 0 N–H and O–H groups in total. The van der Waals surface area contributed by atoms with Crippen molar-refractivity contribution in [2.45, 2.75) is 18.2 Å². The smallest absolute Gasteiger partial charge is 0.264 e. The highest BCUT2D eigenvalue weighted by molar-refractivity contribution is 7.92. The fourth-order valence-electron chi connectivity index (χ4n) is 4.08. The van der Waals surface area contributed by atoms with Crippen molar-refractivity contribution >= 4 is 27.3 Å². The van der Waals surface area contributed by atoms with Crippen LogP contribution in [0.2, 0.25) is 0 Å². The van der Waals surface area contributed by atoms with Crippen LogP contribution in [0, 0.1) is 12.7 Å². The van der Waals surface area contributed by atoms with Gasteiger partial charge >= 0.3 is 0 Å². The molecule has 0 spiro atoms. The lowest BCUT2D eigenvalue weighted by atomic mass is 10.2. The molecule has 8 heteroatoms. The lowest BCUT2D eigenvalue weighted by molar-refractivity contribution is -0.131. The molecule has 0 saturated carbocycles. The summed E-state index contributed by atoms with van der Waals surface area (Å²) in [6.45, 7) is 3.94. The average molecular weight is 482 g/mol. The molecule has 0 bridgehead atoms. The van der Waals surface area contributed by atoms with Gasteiger partial charge in [0.25, 0.3) is 10.0 Å². The van der Waals surface area contributed by atoms with Crippen molar-refractivity contribution in [3.8, 4) is 0 Å². The van der Waals surface area contributed by atoms with Gasteiger partial charge in [0.15, 0.2) is 0 Å². The first-order valence-corrected chi connectivity index (χ1v) is 12.7. The molecule has 6 nitrogen and oxygen atoms in total. The molecule has 1 amide bonds. The van der Waals surface area contributed by atoms with E-state index in [4.69, 9.17) is 0 Å². The van der Waals surface area contributed by atoms with Crippen LogP contribution in [0.4, 0.5) is 15.8 Å². The lowest BCUT2D eigenvalue weighted by Gasteiger charge is -2.36. The molecule has 0 radical (unpaired) electrons. The number of hydrogen-bond donors (Lipinski definition) is 0. The number of carbonyl (C=O) groups excluding carboxylic acids is 1. The fourth-order valence-corrected chi connectivity index (χ4v) is 5.57. The summed E-state index contributed by atoms with van der Waals surface area (Å²) in [5, 5.41) is 0. The van der Waals surface area contributed by atoms with Crippen LogP contribution in [0.3, 0.4) is 0 Å². The van der Waals surface area contributed by atoms with Crippen molar-refractivity contribution in [1.82, 2.24) is 4.90 Å². The molecule has 1 heterocycles. The Hall–Kier alpha value is -3.39. The summed E-state index contributed by atoms with van der Waals surface area (Å²) < 4.78 is 42.2. The van der Waals surface area contributed by atoms with Crippen LogP contribution in [0.25, 0.3) is 0 Å². The highest BCUT2D eigenvalue weighted by Crippen LogP contribution is 2.25. The van der Waals surface area contributed by atoms with E-state index in [1.807, 2.05) is 24.0 Å². The van der Waals surface area contributed by atoms with Crippen LogP contribution in [0.1, 0.15) is 12.0 Å². The zero-order valence-electron chi connectivity index (χ0n) is 19.1. The van der Waals surface area contributed by atoms with E-state index in [1.54, 1.807) is 65.6 Å². The van der Waals surface area contributed by atoms with E-state index in [1.165, 1.54) is 10.4 Å². The summed E-state index contributed by atoms with van der Waals surface area (Å²) in [6.07, 6.45) is 0.0552. The van der Waals surface area contributed by atoms with Crippen LogP contribution in [-0.2, 0) is 14.8 Å². The van der Waals surface area contributed by atoms with E-state index in [9.17, 15) is 17.6 Å². The molecule has 3 aromatic carbocycles. The second-order valence-electron chi connectivity index (χ2n) is 8.30. The summed E-state index contributed by atoms with van der Waals surface area (Å²) >= 11 is 0. The van der Waals surface area contributed by atoms with Crippen LogP contribution in [-0.4, -0.2) is 51.9 Å². The Morgan fingerprint density at radius 3 is 2.15 bits per heavy atom. The Morgan fingerprint density at radius 1 is 0.882 bits per heavy atom. The number of para-hydroxylation sites is 1. The highest BCUT2D eigenvalue weighted by Gasteiger charge is 2.27. The first-order valence-electron chi connectivity index (χ1n) is 11.3. The van der Waals surface area contributed by atoms with E-state index in [-0.39, 0.29) is 29.6 Å². The van der Waals surface area contributed by atoms with E-state index in [0.717, 1.165) is 5.56 Å². The van der Waals surface area contributed by atoms with Gasteiger partial charge in [-0.05, 0) is 43.3 Å². The normalized spacial score (nSPS) is 14.2. The van der Waals surface area contributed by atoms with Crippen molar-refractivity contribution in [3.05, 3.63) is 90.2 Å². The fraction of sp³-hybridized carbons (Fsp3) is 0.269. The maximum Gasteiger partial charge on any atom is 0.264 e. The van der Waals surface area contributed by atoms with Gasteiger partial charge in [-0.1, -0.05) is 48.0 Å². The number of rotatable bonds is 7. The quantitative estimate of drug-likeness (QED) is 0.511. The van der Waals surface area contributed by atoms with Gasteiger partial charge in [0, 0.05) is 39.1 Å². The van der Waals surface area contributed by atoms with Crippen molar-refractivity contribution in [2.75, 3.05) is 41.9 Å². The van der Waals surface area contributed by atoms with Gasteiger partial charge in [-0.3, -0.25) is 9.10 Å². The molecule has 1 aliphatic rings. The van der Waals surface area contributed by atoms with Crippen molar-refractivity contribution in [1.29, 1.82) is 0 Å². The third-order valence-electron chi connectivity index (χ3n) is 6.01. The molecule has 1 fully saturated rings. The molecule has 0 aliphatic carbocycles. The standard InChI is InChI=1S/C26H28FN3O3S/c1-21-11-13-22(14-12-21)30(34(32,33)23-7-3-2-4-8-23)16-15-26(31)29-19-17-28(18-20-29)25-10-6-5-9-24(25)27/h2-14H,15-20H2,1H3. The second-order valence-corrected chi connectivity index (χ2v) is 10.2. The Morgan fingerprint density at radius 2 is 1.50 bits per heavy atom. The number of benzene rings is 3. The minimum atomic E-state index is -3.83. The molecular weight excluding hydrogens is 453 g/mol. The number of piperazine rings is 1. The molecule has 1 saturated heterocycles. The Balaban J connectivity index is 1.45. The number of halogens is 1. The number of anilines is 2.